The Kier molecular flexibility index (Phi) is 5.88. The molecule has 2 aromatic carbocycles. The summed E-state index contributed by atoms with van der Waals surface area (Å²) in [4.78, 5) is 19.6. The lowest BCUT2D eigenvalue weighted by Crippen LogP contribution is -2.38. The van der Waals surface area contributed by atoms with E-state index in [4.69, 9.17) is 34.8 Å². The first kappa shape index (κ1) is 19.6. The van der Waals surface area contributed by atoms with E-state index in [2.05, 4.69) is 10.3 Å². The van der Waals surface area contributed by atoms with E-state index in [0.717, 1.165) is 22.4 Å². The molecule has 1 fully saturated rings. The number of aromatic nitrogens is 1. The van der Waals surface area contributed by atoms with E-state index < -0.39 is 0 Å². The number of halogens is 3. The fraction of sp³-hybridized carbons (Fsp3) is 0.200. The molecule has 1 saturated heterocycles. The van der Waals surface area contributed by atoms with E-state index in [1.165, 1.54) is 0 Å². The van der Waals surface area contributed by atoms with Gasteiger partial charge in [-0.25, -0.2) is 0 Å². The number of nitrogens with zero attached hydrogens (tertiary/aromatic N) is 2. The van der Waals surface area contributed by atoms with Crippen molar-refractivity contribution in [2.45, 2.75) is 0 Å². The summed E-state index contributed by atoms with van der Waals surface area (Å²) in [7, 11) is 0. The van der Waals surface area contributed by atoms with E-state index in [1.807, 2.05) is 22.7 Å². The highest BCUT2D eigenvalue weighted by Crippen LogP contribution is 2.35. The first-order valence-electron chi connectivity index (χ1n) is 8.70. The summed E-state index contributed by atoms with van der Waals surface area (Å²) in [6.07, 6.45) is 1.61. The number of anilines is 2. The van der Waals surface area contributed by atoms with Crippen molar-refractivity contribution in [2.75, 3.05) is 29.9 Å². The Hall–Kier alpha value is -1.66. The molecule has 1 N–H and O–H groups in total. The van der Waals surface area contributed by atoms with Crippen molar-refractivity contribution in [2.24, 2.45) is 0 Å². The number of benzene rings is 2. The molecule has 0 saturated carbocycles. The Labute approximate surface area is 182 Å². The van der Waals surface area contributed by atoms with E-state index in [-0.39, 0.29) is 5.91 Å². The number of carbonyl (C=O) groups excluding carboxylic acids is 1. The molecule has 4 rings (SSSR count). The van der Waals surface area contributed by atoms with Crippen LogP contribution in [0.4, 0.5) is 11.4 Å². The molecule has 8 heteroatoms. The third-order valence-electron chi connectivity index (χ3n) is 4.55. The third kappa shape index (κ3) is 4.03. The molecule has 0 atom stereocenters. The van der Waals surface area contributed by atoms with Crippen molar-refractivity contribution in [1.82, 2.24) is 9.88 Å². The van der Waals surface area contributed by atoms with E-state index in [1.54, 1.807) is 36.5 Å². The van der Waals surface area contributed by atoms with Crippen LogP contribution in [0.5, 0.6) is 0 Å². The summed E-state index contributed by atoms with van der Waals surface area (Å²) in [6.45, 7) is 1.43. The van der Waals surface area contributed by atoms with Crippen LogP contribution in [-0.4, -0.2) is 40.4 Å². The molecule has 2 heterocycles. The van der Waals surface area contributed by atoms with Crippen LogP contribution in [0.25, 0.3) is 10.9 Å². The van der Waals surface area contributed by atoms with Gasteiger partial charge in [-0.15, -0.1) is 0 Å². The normalized spacial score (nSPS) is 14.3. The summed E-state index contributed by atoms with van der Waals surface area (Å²) in [5.74, 6) is 1.80. The standard InChI is InChI=1S/C20H16Cl3N3OS/c21-12-2-4-17-14(9-12)19(25-18-10-13(22)1-3-16(18)23)15(11-24-17)20(27)26-5-7-28-8-6-26/h1-4,9-11H,5-8H2,(H,24,25). The van der Waals surface area contributed by atoms with Gasteiger partial charge in [0.05, 0.1) is 27.5 Å². The summed E-state index contributed by atoms with van der Waals surface area (Å²) in [6, 6.07) is 10.6. The highest BCUT2D eigenvalue weighted by molar-refractivity contribution is 7.99. The molecule has 3 aromatic rings. The topological polar surface area (TPSA) is 45.2 Å². The fourth-order valence-corrected chi connectivity index (χ4v) is 4.54. The molecule has 0 aliphatic carbocycles. The highest BCUT2D eigenvalue weighted by Gasteiger charge is 2.23. The van der Waals surface area contributed by atoms with Gasteiger partial charge in [0.2, 0.25) is 0 Å². The molecule has 1 aromatic heterocycles. The van der Waals surface area contributed by atoms with Gasteiger partial charge in [-0.3, -0.25) is 9.78 Å². The molecular formula is C20H16Cl3N3OS. The summed E-state index contributed by atoms with van der Waals surface area (Å²) < 4.78 is 0. The van der Waals surface area contributed by atoms with Gasteiger partial charge in [0, 0.05) is 46.2 Å². The second-order valence-electron chi connectivity index (χ2n) is 6.36. The predicted molar refractivity (Wildman–Crippen MR) is 120 cm³/mol. The molecule has 28 heavy (non-hydrogen) atoms. The first-order chi connectivity index (χ1) is 13.5. The number of nitrogens with one attached hydrogen (secondary N) is 1. The van der Waals surface area contributed by atoms with Crippen LogP contribution in [0, 0.1) is 0 Å². The monoisotopic (exact) mass is 451 g/mol. The molecule has 1 amide bonds. The quantitative estimate of drug-likeness (QED) is 0.519. The molecule has 0 radical (unpaired) electrons. The number of rotatable bonds is 3. The highest BCUT2D eigenvalue weighted by atomic mass is 35.5. The zero-order chi connectivity index (χ0) is 19.7. The van der Waals surface area contributed by atoms with E-state index in [0.29, 0.717) is 45.1 Å². The van der Waals surface area contributed by atoms with Crippen LogP contribution in [0.15, 0.2) is 42.6 Å². The maximum Gasteiger partial charge on any atom is 0.257 e. The van der Waals surface area contributed by atoms with Gasteiger partial charge in [-0.1, -0.05) is 34.8 Å². The number of carbonyl (C=O) groups is 1. The number of hydrogen-bond acceptors (Lipinski definition) is 4. The first-order valence-corrected chi connectivity index (χ1v) is 11.0. The summed E-state index contributed by atoms with van der Waals surface area (Å²) >= 11 is 20.6. The summed E-state index contributed by atoms with van der Waals surface area (Å²) in [5, 5.41) is 5.67. The lowest BCUT2D eigenvalue weighted by atomic mass is 10.1. The Morgan fingerprint density at radius 1 is 1.04 bits per heavy atom. The number of pyridine rings is 1. The molecule has 0 unspecified atom stereocenters. The van der Waals surface area contributed by atoms with Crippen LogP contribution in [0.2, 0.25) is 15.1 Å². The molecular weight excluding hydrogens is 437 g/mol. The zero-order valence-electron chi connectivity index (χ0n) is 14.7. The van der Waals surface area contributed by atoms with Crippen molar-refractivity contribution < 1.29 is 4.79 Å². The zero-order valence-corrected chi connectivity index (χ0v) is 17.8. The molecule has 1 aliphatic heterocycles. The minimum absolute atomic E-state index is 0.0599. The van der Waals surface area contributed by atoms with Crippen molar-refractivity contribution >= 4 is 74.7 Å². The average Bonchev–Trinajstić information content (AvgIpc) is 2.71. The van der Waals surface area contributed by atoms with E-state index in [9.17, 15) is 4.79 Å². The predicted octanol–water partition coefficient (Wildman–Crippen LogP) is 6.13. The minimum atomic E-state index is -0.0599. The lowest BCUT2D eigenvalue weighted by Gasteiger charge is -2.27. The largest absolute Gasteiger partial charge is 0.353 e. The Morgan fingerprint density at radius 3 is 2.54 bits per heavy atom. The van der Waals surface area contributed by atoms with Gasteiger partial charge >= 0.3 is 0 Å². The van der Waals surface area contributed by atoms with Gasteiger partial charge in [0.15, 0.2) is 0 Å². The van der Waals surface area contributed by atoms with Crippen molar-refractivity contribution in [1.29, 1.82) is 0 Å². The van der Waals surface area contributed by atoms with Gasteiger partial charge in [0.1, 0.15) is 0 Å². The molecule has 4 nitrogen and oxygen atoms in total. The minimum Gasteiger partial charge on any atom is -0.353 e. The Balaban J connectivity index is 1.85. The van der Waals surface area contributed by atoms with Crippen molar-refractivity contribution in [3.05, 3.63) is 63.2 Å². The van der Waals surface area contributed by atoms with Crippen LogP contribution < -0.4 is 5.32 Å². The second kappa shape index (κ2) is 8.37. The molecule has 144 valence electrons. The molecule has 1 aliphatic rings. The fourth-order valence-electron chi connectivity index (χ4n) is 3.13. The van der Waals surface area contributed by atoms with Gasteiger partial charge in [-0.2, -0.15) is 11.8 Å². The second-order valence-corrected chi connectivity index (χ2v) is 8.87. The van der Waals surface area contributed by atoms with Crippen molar-refractivity contribution in [3.8, 4) is 0 Å². The Bertz CT molecular complexity index is 1050. The van der Waals surface area contributed by atoms with E-state index >= 15 is 0 Å². The Morgan fingerprint density at radius 2 is 1.75 bits per heavy atom. The van der Waals surface area contributed by atoms with Gasteiger partial charge in [-0.05, 0) is 36.4 Å². The van der Waals surface area contributed by atoms with Crippen LogP contribution in [-0.2, 0) is 0 Å². The number of thioether (sulfide) groups is 1. The maximum absolute atomic E-state index is 13.2. The summed E-state index contributed by atoms with van der Waals surface area (Å²) in [5.41, 5.74) is 2.46. The van der Waals surface area contributed by atoms with Crippen LogP contribution >= 0.6 is 46.6 Å². The molecule has 0 bridgehead atoms. The SMILES string of the molecule is O=C(c1cnc2ccc(Cl)cc2c1Nc1cc(Cl)ccc1Cl)N1CCSCC1. The smallest absolute Gasteiger partial charge is 0.257 e. The maximum atomic E-state index is 13.2. The van der Waals surface area contributed by atoms with Crippen LogP contribution in [0.3, 0.4) is 0 Å². The van der Waals surface area contributed by atoms with Crippen molar-refractivity contribution in [3.63, 3.8) is 0 Å². The van der Waals surface area contributed by atoms with Gasteiger partial charge in [0.25, 0.3) is 5.91 Å². The van der Waals surface area contributed by atoms with Crippen LogP contribution in [0.1, 0.15) is 10.4 Å². The number of hydrogen-bond donors (Lipinski definition) is 1. The lowest BCUT2D eigenvalue weighted by molar-refractivity contribution is 0.0773. The van der Waals surface area contributed by atoms with Gasteiger partial charge < -0.3 is 10.2 Å². The average molecular weight is 453 g/mol. The number of fused-ring (bicyclic) bond motifs is 1. The number of amides is 1. The molecule has 0 spiro atoms. The third-order valence-corrected chi connectivity index (χ3v) is 6.29.